The molecule has 1 aliphatic heterocycles. The number of halogens is 1. The predicted molar refractivity (Wildman–Crippen MR) is 144 cm³/mol. The van der Waals surface area contributed by atoms with Gasteiger partial charge in [-0.05, 0) is 39.3 Å². The van der Waals surface area contributed by atoms with E-state index in [1.807, 2.05) is 0 Å². The molecule has 8 heteroatoms. The number of rotatable bonds is 9. The number of nitrogens with zero attached hydrogens (tertiary/aromatic N) is 4. The Morgan fingerprint density at radius 3 is 2.48 bits per heavy atom. The number of aryl methyl sites for hydroxylation is 2. The van der Waals surface area contributed by atoms with E-state index in [2.05, 4.69) is 76.5 Å². The summed E-state index contributed by atoms with van der Waals surface area (Å²) in [4.78, 5) is 15.7. The van der Waals surface area contributed by atoms with Gasteiger partial charge in [0.05, 0.1) is 10.7 Å². The molecule has 31 heavy (non-hydrogen) atoms. The number of hydrogen-bond donors (Lipinski definition) is 2. The summed E-state index contributed by atoms with van der Waals surface area (Å²) >= 11 is 1.79. The number of aromatic nitrogens is 1. The van der Waals surface area contributed by atoms with Crippen LogP contribution in [0.25, 0.3) is 0 Å². The lowest BCUT2D eigenvalue weighted by atomic mass is 10.2. The summed E-state index contributed by atoms with van der Waals surface area (Å²) < 4.78 is 0. The highest BCUT2D eigenvalue weighted by atomic mass is 127. The van der Waals surface area contributed by atoms with Crippen LogP contribution in [-0.2, 0) is 6.42 Å². The van der Waals surface area contributed by atoms with Crippen molar-refractivity contribution in [2.24, 2.45) is 4.99 Å². The summed E-state index contributed by atoms with van der Waals surface area (Å²) in [6, 6.07) is 10.7. The lowest BCUT2D eigenvalue weighted by Crippen LogP contribution is -2.46. The molecule has 2 heterocycles. The van der Waals surface area contributed by atoms with Crippen LogP contribution in [0.5, 0.6) is 0 Å². The lowest BCUT2D eigenvalue weighted by molar-refractivity contribution is 0.256. The largest absolute Gasteiger partial charge is 0.369 e. The first-order chi connectivity index (χ1) is 14.7. The van der Waals surface area contributed by atoms with E-state index in [0.29, 0.717) is 0 Å². The first-order valence-electron chi connectivity index (χ1n) is 11.1. The molecule has 0 atom stereocenters. The van der Waals surface area contributed by atoms with E-state index in [-0.39, 0.29) is 24.0 Å². The van der Waals surface area contributed by atoms with Crippen LogP contribution in [0.2, 0.25) is 0 Å². The molecular weight excluding hydrogens is 519 g/mol. The van der Waals surface area contributed by atoms with Gasteiger partial charge in [-0.3, -0.25) is 9.89 Å². The number of aliphatic imine (C=N–C) groups is 1. The van der Waals surface area contributed by atoms with E-state index in [4.69, 9.17) is 4.99 Å². The van der Waals surface area contributed by atoms with Crippen LogP contribution in [0.15, 0.2) is 35.3 Å². The van der Waals surface area contributed by atoms with Gasteiger partial charge < -0.3 is 15.5 Å². The van der Waals surface area contributed by atoms with E-state index in [1.54, 1.807) is 11.3 Å². The maximum absolute atomic E-state index is 4.75. The number of benzene rings is 1. The number of para-hydroxylation sites is 1. The van der Waals surface area contributed by atoms with Crippen molar-refractivity contribution in [1.82, 2.24) is 20.5 Å². The first kappa shape index (κ1) is 25.9. The van der Waals surface area contributed by atoms with Crippen LogP contribution < -0.4 is 15.5 Å². The minimum Gasteiger partial charge on any atom is -0.369 e. The molecule has 0 aliphatic carbocycles. The Labute approximate surface area is 208 Å². The number of nitrogens with one attached hydrogen (secondary N) is 2. The van der Waals surface area contributed by atoms with E-state index in [0.717, 1.165) is 76.9 Å². The SMILES string of the molecule is CCNC(=NCCCN1CCN(c2ccccc2)CC1)NCCc1nc(C)c(C)s1.I. The van der Waals surface area contributed by atoms with Gasteiger partial charge >= 0.3 is 0 Å². The molecule has 0 spiro atoms. The molecular formula is C23H37IN6S. The molecule has 0 unspecified atom stereocenters. The topological polar surface area (TPSA) is 55.8 Å². The Morgan fingerprint density at radius 2 is 1.84 bits per heavy atom. The van der Waals surface area contributed by atoms with Crippen molar-refractivity contribution in [3.8, 4) is 0 Å². The van der Waals surface area contributed by atoms with Crippen molar-refractivity contribution in [3.05, 3.63) is 45.9 Å². The number of piperazine rings is 1. The van der Waals surface area contributed by atoms with Crippen molar-refractivity contribution < 1.29 is 0 Å². The van der Waals surface area contributed by atoms with Gasteiger partial charge in [0.15, 0.2) is 5.96 Å². The van der Waals surface area contributed by atoms with Crippen molar-refractivity contribution in [2.75, 3.05) is 57.3 Å². The van der Waals surface area contributed by atoms with Gasteiger partial charge in [-0.1, -0.05) is 18.2 Å². The fourth-order valence-electron chi connectivity index (χ4n) is 3.63. The number of anilines is 1. The number of hydrogen-bond acceptors (Lipinski definition) is 5. The van der Waals surface area contributed by atoms with Crippen LogP contribution in [0, 0.1) is 13.8 Å². The molecule has 1 aromatic carbocycles. The maximum Gasteiger partial charge on any atom is 0.191 e. The van der Waals surface area contributed by atoms with Gasteiger partial charge in [0.25, 0.3) is 0 Å². The Kier molecular flexibility index (Phi) is 11.6. The molecule has 0 radical (unpaired) electrons. The van der Waals surface area contributed by atoms with Crippen LogP contribution in [0.1, 0.15) is 28.9 Å². The van der Waals surface area contributed by atoms with Crippen molar-refractivity contribution in [2.45, 2.75) is 33.6 Å². The van der Waals surface area contributed by atoms with Gasteiger partial charge in [0.1, 0.15) is 0 Å². The van der Waals surface area contributed by atoms with Crippen LogP contribution in [0.3, 0.4) is 0 Å². The van der Waals surface area contributed by atoms with E-state index in [1.165, 1.54) is 15.6 Å². The van der Waals surface area contributed by atoms with Gasteiger partial charge in [-0.25, -0.2) is 4.98 Å². The highest BCUT2D eigenvalue weighted by Gasteiger charge is 2.16. The molecule has 2 N–H and O–H groups in total. The Hall–Kier alpha value is -1.39. The summed E-state index contributed by atoms with van der Waals surface area (Å²) in [5, 5.41) is 7.99. The molecule has 1 saturated heterocycles. The summed E-state index contributed by atoms with van der Waals surface area (Å²) in [5.74, 6) is 0.913. The third kappa shape index (κ3) is 8.57. The van der Waals surface area contributed by atoms with Crippen LogP contribution >= 0.6 is 35.3 Å². The summed E-state index contributed by atoms with van der Waals surface area (Å²) in [6.07, 6.45) is 2.03. The van der Waals surface area contributed by atoms with Gasteiger partial charge in [-0.2, -0.15) is 0 Å². The summed E-state index contributed by atoms with van der Waals surface area (Å²) in [6.45, 7) is 14.5. The molecule has 0 saturated carbocycles. The van der Waals surface area contributed by atoms with Crippen LogP contribution in [-0.4, -0.2) is 68.2 Å². The monoisotopic (exact) mass is 556 g/mol. The zero-order valence-electron chi connectivity index (χ0n) is 19.1. The Bertz CT molecular complexity index is 767. The average Bonchev–Trinajstić information content (AvgIpc) is 3.09. The second kappa shape index (κ2) is 13.9. The normalized spacial score (nSPS) is 14.9. The fourth-order valence-corrected chi connectivity index (χ4v) is 4.56. The fraction of sp³-hybridized carbons (Fsp3) is 0.565. The Balaban J connectivity index is 0.00000341. The molecule has 172 valence electrons. The molecule has 1 aromatic heterocycles. The van der Waals surface area contributed by atoms with E-state index >= 15 is 0 Å². The van der Waals surface area contributed by atoms with E-state index < -0.39 is 0 Å². The van der Waals surface area contributed by atoms with Crippen molar-refractivity contribution >= 4 is 47.0 Å². The molecule has 1 fully saturated rings. The minimum atomic E-state index is 0. The predicted octanol–water partition coefficient (Wildman–Crippen LogP) is 3.69. The summed E-state index contributed by atoms with van der Waals surface area (Å²) in [7, 11) is 0. The van der Waals surface area contributed by atoms with Gasteiger partial charge in [0, 0.05) is 69.3 Å². The standard InChI is InChI=1S/C23H36N6S.HI/c1-4-24-23(26-13-11-22-27-19(2)20(3)30-22)25-12-8-14-28-15-17-29(18-16-28)21-9-6-5-7-10-21;/h5-7,9-10H,4,8,11-18H2,1-3H3,(H2,24,25,26);1H. The molecule has 2 aromatic rings. The third-order valence-electron chi connectivity index (χ3n) is 5.44. The smallest absolute Gasteiger partial charge is 0.191 e. The lowest BCUT2D eigenvalue weighted by Gasteiger charge is -2.36. The quantitative estimate of drug-likeness (QED) is 0.214. The molecule has 3 rings (SSSR count). The van der Waals surface area contributed by atoms with Crippen LogP contribution in [0.4, 0.5) is 5.69 Å². The molecule has 0 bridgehead atoms. The first-order valence-corrected chi connectivity index (χ1v) is 11.9. The van der Waals surface area contributed by atoms with E-state index in [9.17, 15) is 0 Å². The van der Waals surface area contributed by atoms with Gasteiger partial charge in [-0.15, -0.1) is 35.3 Å². The summed E-state index contributed by atoms with van der Waals surface area (Å²) in [5.41, 5.74) is 2.49. The zero-order valence-corrected chi connectivity index (χ0v) is 22.2. The number of guanidine groups is 1. The number of thiazole rings is 1. The molecule has 0 amide bonds. The van der Waals surface area contributed by atoms with Crippen molar-refractivity contribution in [3.63, 3.8) is 0 Å². The highest BCUT2D eigenvalue weighted by molar-refractivity contribution is 14.0. The van der Waals surface area contributed by atoms with Gasteiger partial charge in [0.2, 0.25) is 0 Å². The van der Waals surface area contributed by atoms with Crippen molar-refractivity contribution in [1.29, 1.82) is 0 Å². The average molecular weight is 557 g/mol. The minimum absolute atomic E-state index is 0. The zero-order chi connectivity index (χ0) is 21.2. The molecule has 1 aliphatic rings. The second-order valence-corrected chi connectivity index (χ2v) is 8.99. The maximum atomic E-state index is 4.75. The molecule has 6 nitrogen and oxygen atoms in total. The Morgan fingerprint density at radius 1 is 1.10 bits per heavy atom. The second-order valence-electron chi connectivity index (χ2n) is 7.70. The highest BCUT2D eigenvalue weighted by Crippen LogP contribution is 2.17. The third-order valence-corrected chi connectivity index (χ3v) is 6.58.